The summed E-state index contributed by atoms with van der Waals surface area (Å²) in [5.41, 5.74) is 1.52. The second-order valence-electron chi connectivity index (χ2n) is 3.11. The second kappa shape index (κ2) is 2.96. The Kier molecular flexibility index (Phi) is 1.93. The van der Waals surface area contributed by atoms with Gasteiger partial charge in [-0.2, -0.15) is 0 Å². The minimum atomic E-state index is -0.492. The summed E-state index contributed by atoms with van der Waals surface area (Å²) in [5.74, 6) is -0.596. The van der Waals surface area contributed by atoms with Gasteiger partial charge >= 0.3 is 0 Å². The Bertz CT molecular complexity index is 385. The predicted octanol–water partition coefficient (Wildman–Crippen LogP) is 1.89. The molecule has 1 aliphatic rings. The molecule has 1 atom stereocenters. The van der Waals surface area contributed by atoms with Crippen LogP contribution in [-0.4, -0.2) is 12.1 Å². The number of aldehydes is 1. The molecule has 1 unspecified atom stereocenters. The van der Waals surface area contributed by atoms with Gasteiger partial charge in [0.2, 0.25) is 0 Å². The van der Waals surface area contributed by atoms with Gasteiger partial charge in [-0.3, -0.25) is 4.79 Å². The molecule has 3 heteroatoms. The van der Waals surface area contributed by atoms with Gasteiger partial charge in [-0.05, 0) is 24.1 Å². The smallest absolute Gasteiger partial charge is 0.173 e. The summed E-state index contributed by atoms with van der Waals surface area (Å²) in [6, 6.07) is 5.17. The van der Waals surface area contributed by atoms with Crippen molar-refractivity contribution in [2.24, 2.45) is 5.92 Å². The van der Waals surface area contributed by atoms with Gasteiger partial charge in [-0.1, -0.05) is 17.7 Å². The van der Waals surface area contributed by atoms with Crippen LogP contribution in [0.1, 0.15) is 15.9 Å². The Morgan fingerprint density at radius 2 is 2.23 bits per heavy atom. The van der Waals surface area contributed by atoms with Gasteiger partial charge in [0.1, 0.15) is 6.29 Å². The Balaban J connectivity index is 2.50. The largest absolute Gasteiger partial charge is 0.303 e. The topological polar surface area (TPSA) is 34.1 Å². The third-order valence-electron chi connectivity index (χ3n) is 2.28. The number of halogens is 1. The standard InChI is InChI=1S/C10H7ClO2/c11-8-2-1-6-3-7(5-12)10(13)9(6)4-8/h1-2,4-5,7H,3H2. The zero-order valence-electron chi connectivity index (χ0n) is 6.79. The second-order valence-corrected chi connectivity index (χ2v) is 3.55. The molecule has 0 bridgehead atoms. The Labute approximate surface area is 80.5 Å². The molecule has 0 fully saturated rings. The van der Waals surface area contributed by atoms with Crippen molar-refractivity contribution in [2.45, 2.75) is 6.42 Å². The van der Waals surface area contributed by atoms with Crippen LogP contribution in [0.3, 0.4) is 0 Å². The number of fused-ring (bicyclic) bond motifs is 1. The molecule has 0 amide bonds. The highest BCUT2D eigenvalue weighted by Crippen LogP contribution is 2.27. The summed E-state index contributed by atoms with van der Waals surface area (Å²) < 4.78 is 0. The number of Topliss-reactive ketones (excluding diaryl/α,β-unsaturated/α-hetero) is 1. The van der Waals surface area contributed by atoms with Crippen molar-refractivity contribution in [1.29, 1.82) is 0 Å². The van der Waals surface area contributed by atoms with E-state index in [1.54, 1.807) is 18.2 Å². The minimum Gasteiger partial charge on any atom is -0.303 e. The van der Waals surface area contributed by atoms with Crippen LogP contribution in [0.5, 0.6) is 0 Å². The first-order chi connectivity index (χ1) is 6.22. The first-order valence-electron chi connectivity index (χ1n) is 4.00. The van der Waals surface area contributed by atoms with Crippen LogP contribution in [0.4, 0.5) is 0 Å². The van der Waals surface area contributed by atoms with Crippen molar-refractivity contribution >= 4 is 23.7 Å². The molecular weight excluding hydrogens is 188 g/mol. The maximum Gasteiger partial charge on any atom is 0.173 e. The van der Waals surface area contributed by atoms with E-state index in [2.05, 4.69) is 0 Å². The highest BCUT2D eigenvalue weighted by atomic mass is 35.5. The van der Waals surface area contributed by atoms with Gasteiger partial charge in [0.25, 0.3) is 0 Å². The molecule has 13 heavy (non-hydrogen) atoms. The van der Waals surface area contributed by atoms with Crippen LogP contribution >= 0.6 is 11.6 Å². The zero-order chi connectivity index (χ0) is 9.42. The molecule has 0 heterocycles. The van der Waals surface area contributed by atoms with E-state index in [-0.39, 0.29) is 5.78 Å². The molecule has 0 aliphatic heterocycles. The summed E-state index contributed by atoms with van der Waals surface area (Å²) >= 11 is 5.74. The molecule has 0 saturated carbocycles. The Hall–Kier alpha value is -1.15. The Morgan fingerprint density at radius 1 is 1.46 bits per heavy atom. The number of benzene rings is 1. The zero-order valence-corrected chi connectivity index (χ0v) is 7.54. The van der Waals surface area contributed by atoms with Gasteiger partial charge in [0.15, 0.2) is 5.78 Å². The average Bonchev–Trinajstić information content (AvgIpc) is 2.44. The highest BCUT2D eigenvalue weighted by molar-refractivity contribution is 6.31. The number of rotatable bonds is 1. The number of ketones is 1. The molecule has 1 aromatic rings. The fourth-order valence-electron chi connectivity index (χ4n) is 1.60. The van der Waals surface area contributed by atoms with E-state index in [0.717, 1.165) is 5.56 Å². The maximum atomic E-state index is 11.5. The summed E-state index contributed by atoms with van der Waals surface area (Å²) in [7, 11) is 0. The summed E-state index contributed by atoms with van der Waals surface area (Å²) in [4.78, 5) is 22.0. The van der Waals surface area contributed by atoms with E-state index in [1.807, 2.05) is 0 Å². The quantitative estimate of drug-likeness (QED) is 0.506. The van der Waals surface area contributed by atoms with E-state index in [1.165, 1.54) is 0 Å². The fraction of sp³-hybridized carbons (Fsp3) is 0.200. The summed E-state index contributed by atoms with van der Waals surface area (Å²) in [6.07, 6.45) is 1.23. The molecule has 2 nitrogen and oxygen atoms in total. The lowest BCUT2D eigenvalue weighted by atomic mass is 10.1. The maximum absolute atomic E-state index is 11.5. The first-order valence-corrected chi connectivity index (χ1v) is 4.38. The van der Waals surface area contributed by atoms with Crippen molar-refractivity contribution in [3.05, 3.63) is 34.3 Å². The highest BCUT2D eigenvalue weighted by Gasteiger charge is 2.29. The summed E-state index contributed by atoms with van der Waals surface area (Å²) in [6.45, 7) is 0. The molecule has 0 spiro atoms. The number of carbonyl (C=O) groups excluding carboxylic acids is 2. The van der Waals surface area contributed by atoms with Crippen LogP contribution < -0.4 is 0 Å². The van der Waals surface area contributed by atoms with Crippen molar-refractivity contribution in [3.8, 4) is 0 Å². The van der Waals surface area contributed by atoms with Gasteiger partial charge in [0, 0.05) is 10.6 Å². The SMILES string of the molecule is O=CC1Cc2ccc(Cl)cc2C1=O. The van der Waals surface area contributed by atoms with Crippen LogP contribution in [0.15, 0.2) is 18.2 Å². The number of hydrogen-bond donors (Lipinski definition) is 0. The van der Waals surface area contributed by atoms with Crippen LogP contribution in [-0.2, 0) is 11.2 Å². The van der Waals surface area contributed by atoms with Crippen molar-refractivity contribution in [1.82, 2.24) is 0 Å². The van der Waals surface area contributed by atoms with E-state index in [4.69, 9.17) is 11.6 Å². The fourth-order valence-corrected chi connectivity index (χ4v) is 1.77. The van der Waals surface area contributed by atoms with Crippen LogP contribution in [0, 0.1) is 5.92 Å². The van der Waals surface area contributed by atoms with Crippen LogP contribution in [0.2, 0.25) is 5.02 Å². The molecule has 0 aromatic heterocycles. The van der Waals surface area contributed by atoms with E-state index in [0.29, 0.717) is 23.3 Å². The van der Waals surface area contributed by atoms with E-state index < -0.39 is 5.92 Å². The lowest BCUT2D eigenvalue weighted by Gasteiger charge is -1.95. The van der Waals surface area contributed by atoms with E-state index >= 15 is 0 Å². The minimum absolute atomic E-state index is 0.104. The molecule has 1 aliphatic carbocycles. The van der Waals surface area contributed by atoms with Crippen molar-refractivity contribution in [2.75, 3.05) is 0 Å². The van der Waals surface area contributed by atoms with Gasteiger partial charge < -0.3 is 4.79 Å². The number of carbonyl (C=O) groups is 2. The van der Waals surface area contributed by atoms with Gasteiger partial charge in [-0.15, -0.1) is 0 Å². The predicted molar refractivity (Wildman–Crippen MR) is 49.0 cm³/mol. The molecule has 0 radical (unpaired) electrons. The molecule has 2 rings (SSSR count). The van der Waals surface area contributed by atoms with E-state index in [9.17, 15) is 9.59 Å². The molecule has 1 aromatic carbocycles. The molecule has 0 N–H and O–H groups in total. The lowest BCUT2D eigenvalue weighted by molar-refractivity contribution is -0.109. The molecule has 0 saturated heterocycles. The Morgan fingerprint density at radius 3 is 2.92 bits per heavy atom. The lowest BCUT2D eigenvalue weighted by Crippen LogP contribution is -2.09. The monoisotopic (exact) mass is 194 g/mol. The van der Waals surface area contributed by atoms with Gasteiger partial charge in [-0.25, -0.2) is 0 Å². The normalized spacial score (nSPS) is 20.1. The third-order valence-corrected chi connectivity index (χ3v) is 2.51. The first kappa shape index (κ1) is 8.45. The molecule has 66 valence electrons. The number of hydrogen-bond acceptors (Lipinski definition) is 2. The summed E-state index contributed by atoms with van der Waals surface area (Å²) in [5, 5.41) is 0.540. The third kappa shape index (κ3) is 1.27. The van der Waals surface area contributed by atoms with Gasteiger partial charge in [0.05, 0.1) is 5.92 Å². The van der Waals surface area contributed by atoms with Crippen molar-refractivity contribution in [3.63, 3.8) is 0 Å². The van der Waals surface area contributed by atoms with Crippen molar-refractivity contribution < 1.29 is 9.59 Å². The van der Waals surface area contributed by atoms with Crippen LogP contribution in [0.25, 0.3) is 0 Å². The average molecular weight is 195 g/mol. The molecular formula is C10H7ClO2.